The number of rotatable bonds is 4. The molecule has 6 rings (SSSR count). The second-order valence-electron chi connectivity index (χ2n) is 7.81. The predicted molar refractivity (Wildman–Crippen MR) is 155 cm³/mol. The summed E-state index contributed by atoms with van der Waals surface area (Å²) < 4.78 is 0. The number of aromatic nitrogens is 10. The van der Waals surface area contributed by atoms with Crippen LogP contribution >= 0.6 is 0 Å². The Bertz CT molecular complexity index is 1420. The first-order valence-corrected chi connectivity index (χ1v) is 11.6. The molecule has 0 fully saturated rings. The van der Waals surface area contributed by atoms with Crippen molar-refractivity contribution < 1.29 is 96.9 Å². The molecule has 0 unspecified atom stereocenters. The van der Waals surface area contributed by atoms with Crippen LogP contribution in [-0.2, 0) is 0 Å². The number of anilines is 2. The van der Waals surface area contributed by atoms with Crippen LogP contribution in [0.5, 0.6) is 0 Å². The van der Waals surface area contributed by atoms with Crippen LogP contribution in [0.4, 0.5) is 11.9 Å². The van der Waals surface area contributed by atoms with Crippen molar-refractivity contribution in [1.29, 1.82) is 0 Å². The molecule has 256 valence electrons. The lowest BCUT2D eigenvalue weighted by Crippen LogP contribution is -3.00. The van der Waals surface area contributed by atoms with Gasteiger partial charge in [0.25, 0.3) is 0 Å². The number of nitrogens with zero attached hydrogens (tertiary/aromatic N) is 6. The quantitative estimate of drug-likeness (QED) is 0.175. The number of nitrogens with two attached hydrogens (primary N) is 2. The smallest absolute Gasteiger partial charge is 0.442 e. The summed E-state index contributed by atoms with van der Waals surface area (Å²) in [7, 11) is 0. The number of hydrogen-bond acceptors (Lipinski definition) is 8. The Hall–Kier alpha value is -4.82. The van der Waals surface area contributed by atoms with E-state index in [-0.39, 0.29) is 77.0 Å². The summed E-state index contributed by atoms with van der Waals surface area (Å²) in [6.07, 6.45) is 6.83. The van der Waals surface area contributed by atoms with E-state index < -0.39 is 0 Å². The fourth-order valence-electron chi connectivity index (χ4n) is 3.40. The SMILES string of the molecule is Nc1[nH+]c(-c2ccccn2)nc(-c2ccccn2)[nH+]1.Nc1[nH+]c(-c2ccccn2)nc(-c2ccccn2)[nH+]1.O.O.O.O.O.[Cl-].[Cl-].[Cl-].[Cl-]. The third-order valence-corrected chi connectivity index (χ3v) is 5.09. The molecule has 0 aliphatic rings. The fraction of sp³-hybridized carbons (Fsp3) is 0. The van der Waals surface area contributed by atoms with Gasteiger partial charge in [0.2, 0.25) is 0 Å². The van der Waals surface area contributed by atoms with Crippen molar-refractivity contribution in [2.24, 2.45) is 0 Å². The maximum absolute atomic E-state index is 5.83. The number of halogens is 4. The maximum atomic E-state index is 5.83. The molecule has 0 saturated carbocycles. The van der Waals surface area contributed by atoms with Crippen molar-refractivity contribution in [1.82, 2.24) is 29.9 Å². The number of nitrogen functional groups attached to an aromatic ring is 2. The highest BCUT2D eigenvalue weighted by atomic mass is 35.5. The number of H-pyrrole nitrogens is 4. The predicted octanol–water partition coefficient (Wildman–Crippen LogP) is -15.3. The van der Waals surface area contributed by atoms with E-state index in [9.17, 15) is 0 Å². The van der Waals surface area contributed by atoms with Gasteiger partial charge in [-0.3, -0.25) is 11.5 Å². The summed E-state index contributed by atoms with van der Waals surface area (Å²) >= 11 is 0. The highest BCUT2D eigenvalue weighted by Crippen LogP contribution is 2.13. The second kappa shape index (κ2) is 25.4. The minimum Gasteiger partial charge on any atom is -1.00 e. The Morgan fingerprint density at radius 1 is 0.362 bits per heavy atom. The van der Waals surface area contributed by atoms with Gasteiger partial charge in [0.05, 0.1) is 0 Å². The zero-order valence-corrected chi connectivity index (χ0v) is 27.1. The molecular weight excluding hydrogens is 702 g/mol. The normalized spacial score (nSPS) is 8.34. The van der Waals surface area contributed by atoms with Crippen LogP contribution in [0.15, 0.2) is 97.6 Å². The van der Waals surface area contributed by atoms with Crippen LogP contribution in [0.2, 0.25) is 0 Å². The van der Waals surface area contributed by atoms with Crippen LogP contribution in [-0.4, -0.2) is 57.3 Å². The van der Waals surface area contributed by atoms with Gasteiger partial charge in [-0.15, -0.1) is 0 Å². The summed E-state index contributed by atoms with van der Waals surface area (Å²) in [5.41, 5.74) is 14.5. The summed E-state index contributed by atoms with van der Waals surface area (Å²) in [4.78, 5) is 37.7. The molecular formula is C26H34Cl4N12O5. The zero-order chi connectivity index (χ0) is 26.2. The lowest BCUT2D eigenvalue weighted by Gasteiger charge is -1.94. The number of nitrogens with one attached hydrogen (secondary N) is 4. The van der Waals surface area contributed by atoms with Crippen molar-refractivity contribution in [3.63, 3.8) is 0 Å². The van der Waals surface area contributed by atoms with Crippen LogP contribution in [0.25, 0.3) is 46.1 Å². The van der Waals surface area contributed by atoms with Crippen molar-refractivity contribution >= 4 is 11.9 Å². The number of pyridine rings is 4. The van der Waals surface area contributed by atoms with Gasteiger partial charge in [-0.05, 0) is 48.5 Å². The van der Waals surface area contributed by atoms with E-state index in [2.05, 4.69) is 49.8 Å². The molecule has 6 heterocycles. The molecule has 21 heteroatoms. The summed E-state index contributed by atoms with van der Waals surface area (Å²) in [5, 5.41) is 0. The molecule has 0 saturated heterocycles. The summed E-state index contributed by atoms with van der Waals surface area (Å²) in [6.45, 7) is 0. The molecule has 0 bridgehead atoms. The van der Waals surface area contributed by atoms with E-state index >= 15 is 0 Å². The van der Waals surface area contributed by atoms with Gasteiger partial charge in [0, 0.05) is 34.8 Å². The molecule has 0 aliphatic heterocycles. The molecule has 17 nitrogen and oxygen atoms in total. The highest BCUT2D eigenvalue weighted by Gasteiger charge is 2.22. The van der Waals surface area contributed by atoms with E-state index in [0.29, 0.717) is 35.2 Å². The molecule has 0 atom stereocenters. The largest absolute Gasteiger partial charge is 1.00 e. The van der Waals surface area contributed by atoms with Crippen LogP contribution in [0.3, 0.4) is 0 Å². The van der Waals surface area contributed by atoms with E-state index in [1.54, 1.807) is 24.8 Å². The minimum absolute atomic E-state index is 0. The van der Waals surface area contributed by atoms with Gasteiger partial charge in [-0.25, -0.2) is 19.9 Å². The molecule has 0 aromatic carbocycles. The molecule has 0 aliphatic carbocycles. The third-order valence-electron chi connectivity index (χ3n) is 5.09. The van der Waals surface area contributed by atoms with Gasteiger partial charge < -0.3 is 77.0 Å². The van der Waals surface area contributed by atoms with Gasteiger partial charge in [0.15, 0.2) is 22.8 Å². The summed E-state index contributed by atoms with van der Waals surface area (Å²) in [5.74, 6) is 3.18. The number of aromatic amines is 4. The van der Waals surface area contributed by atoms with Crippen molar-refractivity contribution in [3.8, 4) is 46.1 Å². The first-order valence-electron chi connectivity index (χ1n) is 11.6. The summed E-state index contributed by atoms with van der Waals surface area (Å²) in [6, 6.07) is 22.4. The molecule has 18 N–H and O–H groups in total. The first kappa shape index (κ1) is 51.7. The zero-order valence-electron chi connectivity index (χ0n) is 24.1. The third kappa shape index (κ3) is 14.0. The lowest BCUT2D eigenvalue weighted by atomic mass is 10.3. The van der Waals surface area contributed by atoms with Gasteiger partial charge in [-0.2, -0.15) is 19.9 Å². The van der Waals surface area contributed by atoms with Crippen molar-refractivity contribution in [2.75, 3.05) is 11.5 Å². The molecule has 0 spiro atoms. The Morgan fingerprint density at radius 2 is 0.574 bits per heavy atom. The van der Waals surface area contributed by atoms with Crippen LogP contribution < -0.4 is 81.0 Å². The van der Waals surface area contributed by atoms with Gasteiger partial charge >= 0.3 is 35.2 Å². The van der Waals surface area contributed by atoms with Gasteiger partial charge in [-0.1, -0.05) is 24.3 Å². The molecule has 6 aromatic rings. The number of hydrogen-bond donors (Lipinski definition) is 2. The lowest BCUT2D eigenvalue weighted by molar-refractivity contribution is -0.495. The van der Waals surface area contributed by atoms with Crippen LogP contribution in [0.1, 0.15) is 0 Å². The van der Waals surface area contributed by atoms with Gasteiger partial charge in [0.1, 0.15) is 0 Å². The standard InChI is InChI=1S/2C13H10N6.4ClH.5H2O/c2*14-13-18-11(9-5-1-3-7-15-9)17-12(19-13)10-6-2-4-8-16-10;;;;;;;;;/h2*1-8H,(H2,14,17,18,19);4*1H;5*1H2. The Labute approximate surface area is 293 Å². The molecule has 6 aromatic heterocycles. The van der Waals surface area contributed by atoms with Crippen LogP contribution in [0, 0.1) is 0 Å². The average molecular weight is 736 g/mol. The average Bonchev–Trinajstić information content (AvgIpc) is 2.99. The second-order valence-corrected chi connectivity index (χ2v) is 7.81. The Kier molecular flexibility index (Phi) is 27.9. The van der Waals surface area contributed by atoms with E-state index in [1.807, 2.05) is 72.8 Å². The first-order chi connectivity index (χ1) is 18.7. The Balaban J connectivity index is -0.000000210. The van der Waals surface area contributed by atoms with Crippen molar-refractivity contribution in [2.45, 2.75) is 0 Å². The maximum Gasteiger partial charge on any atom is 0.442 e. The van der Waals surface area contributed by atoms with E-state index in [1.165, 1.54) is 0 Å². The molecule has 0 radical (unpaired) electrons. The van der Waals surface area contributed by atoms with Crippen molar-refractivity contribution in [3.05, 3.63) is 97.6 Å². The molecule has 47 heavy (non-hydrogen) atoms. The minimum atomic E-state index is 0. The van der Waals surface area contributed by atoms with E-state index in [4.69, 9.17) is 11.5 Å². The fourth-order valence-corrected chi connectivity index (χ4v) is 3.40. The Morgan fingerprint density at radius 3 is 0.745 bits per heavy atom. The van der Waals surface area contributed by atoms with E-state index in [0.717, 1.165) is 22.8 Å². The highest BCUT2D eigenvalue weighted by molar-refractivity contribution is 5.52. The molecule has 0 amide bonds. The monoisotopic (exact) mass is 734 g/mol. The topological polar surface area (TPSA) is 343 Å².